The molecule has 0 aliphatic rings. The van der Waals surface area contributed by atoms with E-state index in [4.69, 9.17) is 4.52 Å². The Bertz CT molecular complexity index is 1260. The molecule has 3 aromatic heterocycles. The van der Waals surface area contributed by atoms with Crippen LogP contribution in [0.25, 0.3) is 0 Å². The fraction of sp³-hybridized carbons (Fsp3) is 0.412. The smallest absolute Gasteiger partial charge is 0.358 e. The summed E-state index contributed by atoms with van der Waals surface area (Å²) in [6.45, 7) is 4.50. The van der Waals surface area contributed by atoms with Gasteiger partial charge >= 0.3 is 23.3 Å². The number of carbonyl (C=O) groups is 2. The van der Waals surface area contributed by atoms with Gasteiger partial charge in [0.2, 0.25) is 5.91 Å². The minimum Gasteiger partial charge on any atom is -0.358 e. The molecule has 0 aromatic carbocycles. The number of nitrogens with one attached hydrogen (secondary N) is 2. The zero-order valence-corrected chi connectivity index (χ0v) is 18.3. The molecule has 34 heavy (non-hydrogen) atoms. The number of nitrogens with zero attached hydrogens (tertiary/aromatic N) is 8. The van der Waals surface area contributed by atoms with E-state index in [0.29, 0.717) is 11.4 Å². The molecule has 0 saturated carbocycles. The Kier molecular flexibility index (Phi) is 6.93. The van der Waals surface area contributed by atoms with Gasteiger partial charge in [-0.05, 0) is 25.7 Å². The monoisotopic (exact) mass is 476 g/mol. The van der Waals surface area contributed by atoms with Gasteiger partial charge in [-0.15, -0.1) is 0 Å². The van der Waals surface area contributed by atoms with Crippen LogP contribution < -0.4 is 10.6 Å². The van der Waals surface area contributed by atoms with Crippen molar-refractivity contribution < 1.29 is 24.0 Å². The maximum atomic E-state index is 12.2. The minimum absolute atomic E-state index is 0.0294. The first-order valence-electron chi connectivity index (χ1n) is 9.81. The number of aryl methyl sites for hydroxylation is 2. The first-order chi connectivity index (χ1) is 16.1. The Hall–Kier alpha value is -4.70. The number of hydrogen-bond acceptors (Lipinski definition) is 11. The van der Waals surface area contributed by atoms with Crippen molar-refractivity contribution in [3.8, 4) is 0 Å². The molecule has 0 bridgehead atoms. The fourth-order valence-corrected chi connectivity index (χ4v) is 3.04. The van der Waals surface area contributed by atoms with Crippen molar-refractivity contribution in [3.05, 3.63) is 55.1 Å². The van der Waals surface area contributed by atoms with Crippen LogP contribution in [0.4, 0.5) is 11.5 Å². The van der Waals surface area contributed by atoms with Crippen molar-refractivity contribution in [2.75, 3.05) is 13.1 Å². The topological polar surface area (TPSA) is 219 Å². The molecule has 17 nitrogen and oxygen atoms in total. The second-order valence-electron chi connectivity index (χ2n) is 7.11. The molecular weight excluding hydrogens is 456 g/mol. The third-order valence-corrected chi connectivity index (χ3v) is 4.66. The van der Waals surface area contributed by atoms with Gasteiger partial charge in [-0.1, -0.05) is 5.16 Å². The molecule has 0 aliphatic heterocycles. The molecule has 3 aromatic rings. The van der Waals surface area contributed by atoms with E-state index in [1.54, 1.807) is 6.92 Å². The molecule has 0 saturated heterocycles. The molecule has 0 spiro atoms. The zero-order valence-electron chi connectivity index (χ0n) is 18.3. The van der Waals surface area contributed by atoms with Crippen LogP contribution in [0.15, 0.2) is 10.6 Å². The molecule has 0 fully saturated rings. The summed E-state index contributed by atoms with van der Waals surface area (Å²) in [6, 6.07) is 1.25. The zero-order chi connectivity index (χ0) is 25.0. The van der Waals surface area contributed by atoms with Crippen molar-refractivity contribution >= 4 is 23.3 Å². The van der Waals surface area contributed by atoms with Crippen LogP contribution in [0.2, 0.25) is 0 Å². The molecule has 0 radical (unpaired) electrons. The Balaban J connectivity index is 1.46. The van der Waals surface area contributed by atoms with Gasteiger partial charge in [-0.25, -0.2) is 0 Å². The lowest BCUT2D eigenvalue weighted by Gasteiger charge is -2.05. The van der Waals surface area contributed by atoms with Crippen LogP contribution in [0.5, 0.6) is 0 Å². The summed E-state index contributed by atoms with van der Waals surface area (Å²) < 4.78 is 7.45. The highest BCUT2D eigenvalue weighted by molar-refractivity contribution is 5.89. The number of carbonyl (C=O) groups excluding carboxylic acids is 2. The van der Waals surface area contributed by atoms with Crippen LogP contribution in [0.3, 0.4) is 0 Å². The number of aromatic nitrogens is 6. The molecular formula is C17H20N10O7. The standard InChI is InChI=1S/C17H20N10O7/c1-9-6-13(26(30)31)22-24(9)8-14(28)18-4-5-19-16(29)17-20-12(23-34-17)7-25-11(3)15(27(32)33)10(2)21-25/h6H,4-5,7-8H2,1-3H3,(H,18,28)(H,19,29). The third-order valence-electron chi connectivity index (χ3n) is 4.66. The Morgan fingerprint density at radius 1 is 1.06 bits per heavy atom. The Morgan fingerprint density at radius 3 is 2.38 bits per heavy atom. The number of nitro groups is 2. The number of hydrogen-bond donors (Lipinski definition) is 2. The first-order valence-corrected chi connectivity index (χ1v) is 9.81. The first kappa shape index (κ1) is 24.0. The van der Waals surface area contributed by atoms with Crippen LogP contribution in [0, 0.1) is 41.0 Å². The summed E-state index contributed by atoms with van der Waals surface area (Å²) in [5.74, 6) is -1.70. The van der Waals surface area contributed by atoms with Crippen molar-refractivity contribution in [1.29, 1.82) is 0 Å². The van der Waals surface area contributed by atoms with E-state index in [9.17, 15) is 29.8 Å². The van der Waals surface area contributed by atoms with Gasteiger partial charge in [0.1, 0.15) is 24.5 Å². The lowest BCUT2D eigenvalue weighted by molar-refractivity contribution is -0.389. The molecule has 3 rings (SSSR count). The predicted molar refractivity (Wildman–Crippen MR) is 111 cm³/mol. The summed E-state index contributed by atoms with van der Waals surface area (Å²) >= 11 is 0. The van der Waals surface area contributed by atoms with E-state index in [2.05, 4.69) is 31.0 Å². The average Bonchev–Trinajstić information content (AvgIpc) is 3.44. The van der Waals surface area contributed by atoms with Crippen LogP contribution in [-0.4, -0.2) is 64.5 Å². The predicted octanol–water partition coefficient (Wildman–Crippen LogP) is -0.201. The molecule has 0 atom stereocenters. The van der Waals surface area contributed by atoms with Crippen LogP contribution >= 0.6 is 0 Å². The third kappa shape index (κ3) is 5.37. The Labute approximate surface area is 190 Å². The number of amides is 2. The van der Waals surface area contributed by atoms with E-state index < -0.39 is 21.7 Å². The van der Waals surface area contributed by atoms with E-state index >= 15 is 0 Å². The molecule has 3 heterocycles. The number of rotatable bonds is 10. The lowest BCUT2D eigenvalue weighted by atomic mass is 10.3. The normalized spacial score (nSPS) is 10.8. The van der Waals surface area contributed by atoms with Gasteiger partial charge in [0.25, 0.3) is 0 Å². The van der Waals surface area contributed by atoms with Crippen molar-refractivity contribution in [3.63, 3.8) is 0 Å². The molecule has 2 N–H and O–H groups in total. The summed E-state index contributed by atoms with van der Waals surface area (Å²) in [4.78, 5) is 48.8. The van der Waals surface area contributed by atoms with Gasteiger partial charge < -0.3 is 25.3 Å². The summed E-state index contributed by atoms with van der Waals surface area (Å²) in [5, 5.41) is 38.3. The second kappa shape index (κ2) is 9.84. The van der Waals surface area contributed by atoms with Gasteiger partial charge in [0, 0.05) is 13.1 Å². The summed E-state index contributed by atoms with van der Waals surface area (Å²) in [7, 11) is 0. The van der Waals surface area contributed by atoms with Crippen molar-refractivity contribution in [2.45, 2.75) is 33.9 Å². The molecule has 2 amide bonds. The highest BCUT2D eigenvalue weighted by Gasteiger charge is 2.23. The van der Waals surface area contributed by atoms with Gasteiger partial charge in [-0.2, -0.15) is 14.8 Å². The maximum Gasteiger partial charge on any atom is 0.390 e. The second-order valence-corrected chi connectivity index (χ2v) is 7.11. The Morgan fingerprint density at radius 2 is 1.76 bits per heavy atom. The molecule has 17 heteroatoms. The highest BCUT2D eigenvalue weighted by atomic mass is 16.6. The molecule has 180 valence electrons. The molecule has 0 unspecified atom stereocenters. The van der Waals surface area contributed by atoms with Gasteiger partial charge in [0.15, 0.2) is 5.82 Å². The van der Waals surface area contributed by atoms with Crippen molar-refractivity contribution in [1.82, 2.24) is 40.3 Å². The van der Waals surface area contributed by atoms with Gasteiger partial charge in [-0.3, -0.25) is 24.4 Å². The largest absolute Gasteiger partial charge is 0.390 e. The van der Waals surface area contributed by atoms with E-state index in [0.717, 1.165) is 0 Å². The maximum absolute atomic E-state index is 12.2. The van der Waals surface area contributed by atoms with E-state index in [1.807, 2.05) is 0 Å². The quantitative estimate of drug-likeness (QED) is 0.221. The van der Waals surface area contributed by atoms with E-state index in [1.165, 1.54) is 29.3 Å². The van der Waals surface area contributed by atoms with Crippen LogP contribution in [-0.2, 0) is 17.9 Å². The summed E-state index contributed by atoms with van der Waals surface area (Å²) in [5.41, 5.74) is 0.905. The summed E-state index contributed by atoms with van der Waals surface area (Å²) in [6.07, 6.45) is 0. The highest BCUT2D eigenvalue weighted by Crippen LogP contribution is 2.22. The van der Waals surface area contributed by atoms with Crippen LogP contribution in [0.1, 0.15) is 33.6 Å². The van der Waals surface area contributed by atoms with Gasteiger partial charge in [0.05, 0.1) is 21.8 Å². The molecule has 0 aliphatic carbocycles. The van der Waals surface area contributed by atoms with Crippen molar-refractivity contribution in [2.24, 2.45) is 0 Å². The minimum atomic E-state index is -0.675. The lowest BCUT2D eigenvalue weighted by Crippen LogP contribution is -2.36. The average molecular weight is 476 g/mol. The SMILES string of the molecule is Cc1nn(Cc2noc(C(=O)NCCNC(=O)Cn3nc([N+](=O)[O-])cc3C)n2)c(C)c1[N+](=O)[O-]. The van der Waals surface area contributed by atoms with E-state index in [-0.39, 0.29) is 55.1 Å². The fourth-order valence-electron chi connectivity index (χ4n) is 3.04.